The lowest BCUT2D eigenvalue weighted by Crippen LogP contribution is -2.22. The fourth-order valence-electron chi connectivity index (χ4n) is 3.13. The average Bonchev–Trinajstić information content (AvgIpc) is 3.27. The van der Waals surface area contributed by atoms with E-state index in [9.17, 15) is 18.0 Å². The van der Waals surface area contributed by atoms with Crippen LogP contribution >= 0.6 is 23.4 Å². The maximum Gasteiger partial charge on any atom is 0.418 e. The van der Waals surface area contributed by atoms with Crippen molar-refractivity contribution in [2.75, 3.05) is 5.32 Å². The first-order valence-electron chi connectivity index (χ1n) is 9.67. The lowest BCUT2D eigenvalue weighted by molar-refractivity contribution is -0.137. The van der Waals surface area contributed by atoms with Crippen LogP contribution in [0.25, 0.3) is 5.69 Å². The summed E-state index contributed by atoms with van der Waals surface area (Å²) in [5, 5.41) is 9.92. The van der Waals surface area contributed by atoms with Crippen LogP contribution in [0.15, 0.2) is 90.3 Å². The first-order chi connectivity index (χ1) is 15.8. The zero-order valence-corrected chi connectivity index (χ0v) is 18.4. The SMILES string of the molecule is O=C(Nc1ccc(Cl)cc1C(F)(F)F)C(Sc1nncn1-c1ccccc1)c1ccccc1. The summed E-state index contributed by atoms with van der Waals surface area (Å²) in [6.07, 6.45) is -3.17. The maximum atomic E-state index is 13.5. The third-order valence-corrected chi connectivity index (χ3v) is 6.11. The number of halogens is 4. The first kappa shape index (κ1) is 22.9. The van der Waals surface area contributed by atoms with E-state index in [2.05, 4.69) is 15.5 Å². The van der Waals surface area contributed by atoms with Crippen molar-refractivity contribution in [1.29, 1.82) is 0 Å². The minimum atomic E-state index is -4.68. The topological polar surface area (TPSA) is 59.8 Å². The second-order valence-electron chi connectivity index (χ2n) is 6.90. The summed E-state index contributed by atoms with van der Waals surface area (Å²) in [5.74, 6) is -0.637. The Hall–Kier alpha value is -3.30. The van der Waals surface area contributed by atoms with Crippen molar-refractivity contribution in [3.05, 3.63) is 101 Å². The average molecular weight is 489 g/mol. The standard InChI is InChI=1S/C23H16ClF3N4OS/c24-16-11-12-19(18(13-16)23(25,26)27)29-21(32)20(15-7-3-1-4-8-15)33-22-30-28-14-31(22)17-9-5-2-6-10-17/h1-14,20H,(H,29,32). The van der Waals surface area contributed by atoms with Gasteiger partial charge >= 0.3 is 6.18 Å². The van der Waals surface area contributed by atoms with E-state index in [0.717, 1.165) is 29.6 Å². The van der Waals surface area contributed by atoms with Crippen molar-refractivity contribution in [2.45, 2.75) is 16.6 Å². The Bertz CT molecular complexity index is 1250. The van der Waals surface area contributed by atoms with E-state index < -0.39 is 22.9 Å². The molecule has 1 aromatic heterocycles. The van der Waals surface area contributed by atoms with Crippen molar-refractivity contribution in [1.82, 2.24) is 14.8 Å². The molecule has 0 radical (unpaired) electrons. The Kier molecular flexibility index (Phi) is 6.71. The molecule has 1 atom stereocenters. The predicted octanol–water partition coefficient (Wildman–Crippen LogP) is 6.41. The number of rotatable bonds is 6. The molecule has 1 N–H and O–H groups in total. The minimum Gasteiger partial charge on any atom is -0.324 e. The van der Waals surface area contributed by atoms with Crippen LogP contribution in [-0.2, 0) is 11.0 Å². The van der Waals surface area contributed by atoms with E-state index >= 15 is 0 Å². The number of para-hydroxylation sites is 1. The highest BCUT2D eigenvalue weighted by Gasteiger charge is 2.35. The van der Waals surface area contributed by atoms with Gasteiger partial charge in [0.05, 0.1) is 11.3 Å². The molecule has 5 nitrogen and oxygen atoms in total. The summed E-state index contributed by atoms with van der Waals surface area (Å²) >= 11 is 6.84. The zero-order valence-electron chi connectivity index (χ0n) is 16.8. The summed E-state index contributed by atoms with van der Waals surface area (Å²) in [7, 11) is 0. The van der Waals surface area contributed by atoms with Crippen LogP contribution < -0.4 is 5.32 Å². The van der Waals surface area contributed by atoms with Gasteiger partial charge in [0.2, 0.25) is 5.91 Å². The normalized spacial score (nSPS) is 12.4. The molecule has 10 heteroatoms. The number of carbonyl (C=O) groups is 1. The van der Waals surface area contributed by atoms with Crippen molar-refractivity contribution >= 4 is 35.0 Å². The van der Waals surface area contributed by atoms with Gasteiger partial charge in [-0.15, -0.1) is 10.2 Å². The summed E-state index contributed by atoms with van der Waals surface area (Å²) in [4.78, 5) is 13.3. The van der Waals surface area contributed by atoms with Gasteiger partial charge in [-0.3, -0.25) is 9.36 Å². The smallest absolute Gasteiger partial charge is 0.324 e. The molecule has 0 fully saturated rings. The number of carbonyl (C=O) groups excluding carboxylic acids is 1. The Morgan fingerprint density at radius 3 is 2.33 bits per heavy atom. The van der Waals surface area contributed by atoms with Gasteiger partial charge in [0.1, 0.15) is 11.6 Å². The van der Waals surface area contributed by atoms with Gasteiger partial charge < -0.3 is 5.32 Å². The molecule has 0 spiro atoms. The Balaban J connectivity index is 1.68. The highest BCUT2D eigenvalue weighted by Crippen LogP contribution is 2.39. The fourth-order valence-corrected chi connectivity index (χ4v) is 4.34. The molecule has 0 aliphatic heterocycles. The minimum absolute atomic E-state index is 0.0785. The number of thioether (sulfide) groups is 1. The van der Waals surface area contributed by atoms with Gasteiger partial charge in [-0.1, -0.05) is 71.9 Å². The van der Waals surface area contributed by atoms with Crippen LogP contribution in [0.4, 0.5) is 18.9 Å². The highest BCUT2D eigenvalue weighted by molar-refractivity contribution is 8.00. The summed E-state index contributed by atoms with van der Waals surface area (Å²) in [6, 6.07) is 21.3. The van der Waals surface area contributed by atoms with E-state index in [1.54, 1.807) is 34.9 Å². The molecule has 4 rings (SSSR count). The second-order valence-corrected chi connectivity index (χ2v) is 8.41. The number of amides is 1. The van der Waals surface area contributed by atoms with Crippen LogP contribution in [-0.4, -0.2) is 20.7 Å². The van der Waals surface area contributed by atoms with Gasteiger partial charge in [-0.25, -0.2) is 0 Å². The Labute approximate surface area is 196 Å². The second kappa shape index (κ2) is 9.68. The molecule has 4 aromatic rings. The van der Waals surface area contributed by atoms with Crippen LogP contribution in [0.3, 0.4) is 0 Å². The van der Waals surface area contributed by atoms with Gasteiger partial charge in [0.25, 0.3) is 0 Å². The number of hydrogen-bond donors (Lipinski definition) is 1. The quantitative estimate of drug-likeness (QED) is 0.318. The molecule has 1 amide bonds. The molecular formula is C23H16ClF3N4OS. The molecule has 33 heavy (non-hydrogen) atoms. The van der Waals surface area contributed by atoms with Crippen LogP contribution in [0, 0.1) is 0 Å². The molecular weight excluding hydrogens is 473 g/mol. The number of anilines is 1. The molecule has 0 aliphatic rings. The highest BCUT2D eigenvalue weighted by atomic mass is 35.5. The molecule has 1 unspecified atom stereocenters. The monoisotopic (exact) mass is 488 g/mol. The number of benzene rings is 3. The third kappa shape index (κ3) is 5.37. The predicted molar refractivity (Wildman–Crippen MR) is 121 cm³/mol. The van der Waals surface area contributed by atoms with Crippen LogP contribution in [0.5, 0.6) is 0 Å². The van der Waals surface area contributed by atoms with E-state index in [-0.39, 0.29) is 10.7 Å². The lowest BCUT2D eigenvalue weighted by atomic mass is 10.1. The van der Waals surface area contributed by atoms with E-state index in [1.165, 1.54) is 12.4 Å². The molecule has 3 aromatic carbocycles. The van der Waals surface area contributed by atoms with E-state index in [1.807, 2.05) is 30.3 Å². The van der Waals surface area contributed by atoms with E-state index in [0.29, 0.717) is 10.7 Å². The van der Waals surface area contributed by atoms with Gasteiger partial charge in [-0.05, 0) is 35.9 Å². The van der Waals surface area contributed by atoms with Crippen LogP contribution in [0.2, 0.25) is 5.02 Å². The Morgan fingerprint density at radius 1 is 1.00 bits per heavy atom. The van der Waals surface area contributed by atoms with Gasteiger partial charge in [-0.2, -0.15) is 13.2 Å². The van der Waals surface area contributed by atoms with Crippen molar-refractivity contribution in [2.24, 2.45) is 0 Å². The summed E-state index contributed by atoms with van der Waals surface area (Å²) in [5.41, 5.74) is -0.00464. The van der Waals surface area contributed by atoms with Gasteiger partial charge in [0.15, 0.2) is 5.16 Å². The fraction of sp³-hybridized carbons (Fsp3) is 0.0870. The molecule has 0 saturated carbocycles. The van der Waals surface area contributed by atoms with Crippen molar-refractivity contribution < 1.29 is 18.0 Å². The maximum absolute atomic E-state index is 13.5. The summed E-state index contributed by atoms with van der Waals surface area (Å²) < 4.78 is 42.2. The van der Waals surface area contributed by atoms with Crippen molar-refractivity contribution in [3.8, 4) is 5.69 Å². The number of hydrogen-bond acceptors (Lipinski definition) is 4. The first-order valence-corrected chi connectivity index (χ1v) is 10.9. The molecule has 1 heterocycles. The zero-order chi connectivity index (χ0) is 23.4. The third-order valence-electron chi connectivity index (χ3n) is 4.66. The number of nitrogens with one attached hydrogen (secondary N) is 1. The lowest BCUT2D eigenvalue weighted by Gasteiger charge is -2.19. The molecule has 0 saturated heterocycles. The largest absolute Gasteiger partial charge is 0.418 e. The van der Waals surface area contributed by atoms with Crippen LogP contribution in [0.1, 0.15) is 16.4 Å². The van der Waals surface area contributed by atoms with Crippen molar-refractivity contribution in [3.63, 3.8) is 0 Å². The number of alkyl halides is 3. The van der Waals surface area contributed by atoms with Gasteiger partial charge in [0, 0.05) is 10.7 Å². The molecule has 168 valence electrons. The molecule has 0 aliphatic carbocycles. The Morgan fingerprint density at radius 2 is 1.67 bits per heavy atom. The summed E-state index contributed by atoms with van der Waals surface area (Å²) in [6.45, 7) is 0. The van der Waals surface area contributed by atoms with E-state index in [4.69, 9.17) is 11.6 Å². The number of nitrogens with zero attached hydrogens (tertiary/aromatic N) is 3. The molecule has 0 bridgehead atoms. The number of aromatic nitrogens is 3.